The average molecular weight is 267 g/mol. The number of aliphatic hydroxyl groups is 1. The van der Waals surface area contributed by atoms with Crippen LogP contribution in [-0.4, -0.2) is 17.2 Å². The van der Waals surface area contributed by atoms with Crippen LogP contribution in [0, 0.1) is 5.82 Å². The summed E-state index contributed by atoms with van der Waals surface area (Å²) in [5, 5.41) is 13.1. The number of halogens is 1. The first-order chi connectivity index (χ1) is 8.54. The molecule has 2 aromatic rings. The van der Waals surface area contributed by atoms with E-state index in [1.54, 1.807) is 25.3 Å². The molecule has 1 unspecified atom stereocenters. The lowest BCUT2D eigenvalue weighted by Gasteiger charge is -2.25. The van der Waals surface area contributed by atoms with E-state index in [0.29, 0.717) is 5.75 Å². The third-order valence-corrected chi connectivity index (χ3v) is 3.49. The highest BCUT2D eigenvalue weighted by atomic mass is 32.1. The van der Waals surface area contributed by atoms with E-state index < -0.39 is 11.4 Å². The second-order valence-corrected chi connectivity index (χ2v) is 5.17. The van der Waals surface area contributed by atoms with Crippen LogP contribution in [0.1, 0.15) is 17.5 Å². The molecule has 0 saturated heterocycles. The number of hydrogen-bond donors (Lipinski definition) is 1. The van der Waals surface area contributed by atoms with E-state index in [-0.39, 0.29) is 12.0 Å². The van der Waals surface area contributed by atoms with Gasteiger partial charge in [-0.1, -0.05) is 6.07 Å². The highest BCUT2D eigenvalue weighted by Gasteiger charge is 2.31. The van der Waals surface area contributed by atoms with Gasteiger partial charge in [-0.05, 0) is 19.1 Å². The third-order valence-electron chi connectivity index (χ3n) is 2.71. The maximum atomic E-state index is 13.9. The van der Waals surface area contributed by atoms with Crippen LogP contribution in [0.2, 0.25) is 0 Å². The van der Waals surface area contributed by atoms with E-state index in [1.165, 1.54) is 24.5 Å². The van der Waals surface area contributed by atoms with Crippen molar-refractivity contribution in [3.63, 3.8) is 0 Å². The third kappa shape index (κ3) is 2.52. The van der Waals surface area contributed by atoms with Crippen LogP contribution >= 0.6 is 11.3 Å². The predicted octanol–water partition coefficient (Wildman–Crippen LogP) is 2.74. The number of nitrogens with zero attached hydrogens (tertiary/aromatic N) is 1. The Morgan fingerprint density at radius 1 is 1.50 bits per heavy atom. The summed E-state index contributed by atoms with van der Waals surface area (Å²) in [7, 11) is 1.46. The highest BCUT2D eigenvalue weighted by Crippen LogP contribution is 2.34. The summed E-state index contributed by atoms with van der Waals surface area (Å²) in [5.74, 6) is -0.132. The van der Waals surface area contributed by atoms with Crippen molar-refractivity contribution in [2.45, 2.75) is 18.9 Å². The molecule has 96 valence electrons. The normalized spacial score (nSPS) is 14.2. The molecule has 0 radical (unpaired) electrons. The van der Waals surface area contributed by atoms with Crippen molar-refractivity contribution in [3.8, 4) is 5.75 Å². The van der Waals surface area contributed by atoms with E-state index in [2.05, 4.69) is 4.98 Å². The van der Waals surface area contributed by atoms with Crippen molar-refractivity contribution in [1.82, 2.24) is 4.98 Å². The van der Waals surface area contributed by atoms with Gasteiger partial charge in [-0.2, -0.15) is 0 Å². The standard InChI is InChI=1S/C13H14FNO2S/c1-13(16,8-11-15-6-7-18-11)12-9(14)4-3-5-10(12)17-2/h3-7,16H,8H2,1-2H3. The lowest BCUT2D eigenvalue weighted by molar-refractivity contribution is 0.0509. The van der Waals surface area contributed by atoms with Gasteiger partial charge in [-0.3, -0.25) is 0 Å². The molecular weight excluding hydrogens is 253 g/mol. The van der Waals surface area contributed by atoms with Crippen LogP contribution in [0.4, 0.5) is 4.39 Å². The molecule has 1 N–H and O–H groups in total. The molecule has 0 aliphatic rings. The van der Waals surface area contributed by atoms with Crippen LogP contribution in [0.3, 0.4) is 0 Å². The monoisotopic (exact) mass is 267 g/mol. The number of aromatic nitrogens is 1. The highest BCUT2D eigenvalue weighted by molar-refractivity contribution is 7.09. The molecule has 5 heteroatoms. The van der Waals surface area contributed by atoms with Crippen molar-refractivity contribution in [1.29, 1.82) is 0 Å². The minimum atomic E-state index is -1.35. The smallest absolute Gasteiger partial charge is 0.133 e. The van der Waals surface area contributed by atoms with Gasteiger partial charge in [0.15, 0.2) is 0 Å². The number of methoxy groups -OCH3 is 1. The molecule has 18 heavy (non-hydrogen) atoms. The average Bonchev–Trinajstić information content (AvgIpc) is 2.80. The Balaban J connectivity index is 2.40. The molecule has 0 aliphatic carbocycles. The van der Waals surface area contributed by atoms with Crippen LogP contribution in [0.5, 0.6) is 5.75 Å². The number of rotatable bonds is 4. The van der Waals surface area contributed by atoms with E-state index in [9.17, 15) is 9.50 Å². The first kappa shape index (κ1) is 13.0. The van der Waals surface area contributed by atoms with Gasteiger partial charge in [0.05, 0.1) is 23.3 Å². The maximum Gasteiger partial charge on any atom is 0.133 e. The summed E-state index contributed by atoms with van der Waals surface area (Å²) >= 11 is 1.43. The fourth-order valence-corrected chi connectivity index (χ4v) is 2.69. The van der Waals surface area contributed by atoms with E-state index in [0.717, 1.165) is 5.01 Å². The Kier molecular flexibility index (Phi) is 3.63. The lowest BCUT2D eigenvalue weighted by atomic mass is 9.91. The summed E-state index contributed by atoms with van der Waals surface area (Å²) in [6, 6.07) is 4.50. The molecule has 0 aliphatic heterocycles. The molecule has 1 atom stereocenters. The first-order valence-corrected chi connectivity index (χ1v) is 6.36. The Labute approximate surface area is 109 Å². The lowest BCUT2D eigenvalue weighted by Crippen LogP contribution is -2.26. The second kappa shape index (κ2) is 5.04. The zero-order chi connectivity index (χ0) is 13.2. The topological polar surface area (TPSA) is 42.4 Å². The van der Waals surface area contributed by atoms with Gasteiger partial charge in [0.2, 0.25) is 0 Å². The molecule has 0 spiro atoms. The van der Waals surface area contributed by atoms with E-state index >= 15 is 0 Å². The summed E-state index contributed by atoms with van der Waals surface area (Å²) in [6.45, 7) is 1.56. The minimum Gasteiger partial charge on any atom is -0.496 e. The molecule has 0 bridgehead atoms. The second-order valence-electron chi connectivity index (χ2n) is 4.19. The van der Waals surface area contributed by atoms with E-state index in [4.69, 9.17) is 4.74 Å². The number of hydrogen-bond acceptors (Lipinski definition) is 4. The Hall–Kier alpha value is -1.46. The molecule has 3 nitrogen and oxygen atoms in total. The summed E-state index contributed by atoms with van der Waals surface area (Å²) in [6.07, 6.45) is 1.91. The Morgan fingerprint density at radius 3 is 2.89 bits per heavy atom. The fourth-order valence-electron chi connectivity index (χ4n) is 1.92. The molecule has 1 aromatic heterocycles. The largest absolute Gasteiger partial charge is 0.496 e. The van der Waals surface area contributed by atoms with Gasteiger partial charge in [-0.25, -0.2) is 9.37 Å². The van der Waals surface area contributed by atoms with Crippen LogP contribution in [0.25, 0.3) is 0 Å². The van der Waals surface area contributed by atoms with E-state index in [1.807, 2.05) is 5.38 Å². The summed E-state index contributed by atoms with van der Waals surface area (Å²) < 4.78 is 19.0. The molecule has 2 rings (SSSR count). The Morgan fingerprint density at radius 2 is 2.28 bits per heavy atom. The SMILES string of the molecule is COc1cccc(F)c1C(C)(O)Cc1nccs1. The van der Waals surface area contributed by atoms with Crippen molar-refractivity contribution < 1.29 is 14.2 Å². The molecule has 0 amide bonds. The number of ether oxygens (including phenoxy) is 1. The molecule has 0 saturated carbocycles. The minimum absolute atomic E-state index is 0.169. The van der Waals surface area contributed by atoms with Gasteiger partial charge in [0, 0.05) is 18.0 Å². The van der Waals surface area contributed by atoms with Gasteiger partial charge >= 0.3 is 0 Å². The van der Waals surface area contributed by atoms with Crippen LogP contribution < -0.4 is 4.74 Å². The predicted molar refractivity (Wildman–Crippen MR) is 68.3 cm³/mol. The molecular formula is C13H14FNO2S. The van der Waals surface area contributed by atoms with Crippen molar-refractivity contribution in [2.75, 3.05) is 7.11 Å². The molecule has 0 fully saturated rings. The van der Waals surface area contributed by atoms with Gasteiger partial charge in [-0.15, -0.1) is 11.3 Å². The summed E-state index contributed by atoms with van der Waals surface area (Å²) in [5.41, 5.74) is -1.18. The first-order valence-electron chi connectivity index (χ1n) is 5.48. The zero-order valence-corrected chi connectivity index (χ0v) is 11.0. The van der Waals surface area contributed by atoms with Crippen LogP contribution in [-0.2, 0) is 12.0 Å². The quantitative estimate of drug-likeness (QED) is 0.926. The number of thiazole rings is 1. The van der Waals surface area contributed by atoms with Gasteiger partial charge in [0.1, 0.15) is 11.6 Å². The van der Waals surface area contributed by atoms with Crippen LogP contribution in [0.15, 0.2) is 29.8 Å². The van der Waals surface area contributed by atoms with Gasteiger partial charge < -0.3 is 9.84 Å². The van der Waals surface area contributed by atoms with Crippen molar-refractivity contribution in [2.24, 2.45) is 0 Å². The Bertz CT molecular complexity index is 526. The van der Waals surface area contributed by atoms with Crippen molar-refractivity contribution in [3.05, 3.63) is 46.2 Å². The number of benzene rings is 1. The maximum absolute atomic E-state index is 13.9. The van der Waals surface area contributed by atoms with Crippen molar-refractivity contribution >= 4 is 11.3 Å². The molecule has 1 heterocycles. The fraction of sp³-hybridized carbons (Fsp3) is 0.308. The molecule has 1 aromatic carbocycles. The zero-order valence-electron chi connectivity index (χ0n) is 10.2. The summed E-state index contributed by atoms with van der Waals surface area (Å²) in [4.78, 5) is 4.11. The van der Waals surface area contributed by atoms with Gasteiger partial charge in [0.25, 0.3) is 0 Å².